The lowest BCUT2D eigenvalue weighted by Gasteiger charge is -2.17. The molecule has 1 N–H and O–H groups in total. The molecule has 0 aromatic heterocycles. The van der Waals surface area contributed by atoms with Gasteiger partial charge >= 0.3 is 6.03 Å². The molecule has 1 aromatic carbocycles. The van der Waals surface area contributed by atoms with E-state index in [9.17, 15) is 9.00 Å². The summed E-state index contributed by atoms with van der Waals surface area (Å²) in [7, 11) is -0.851. The maximum Gasteiger partial charge on any atom is 0.317 e. The molecule has 0 saturated carbocycles. The standard InChI is InChI=1S/C15H22N2O2S2/c1-21(19)10-8-16-15(18)17-9-7-13(11-17)12-20-14-5-3-2-4-6-14/h2-6,13H,7-12H2,1H3,(H,16,18)/t13-,21-/m1/s1. The van der Waals surface area contributed by atoms with Crippen molar-refractivity contribution in [2.75, 3.05) is 37.4 Å². The van der Waals surface area contributed by atoms with Crippen LogP contribution < -0.4 is 5.32 Å². The van der Waals surface area contributed by atoms with E-state index in [1.54, 1.807) is 6.26 Å². The number of benzene rings is 1. The molecule has 1 aliphatic heterocycles. The van der Waals surface area contributed by atoms with Gasteiger partial charge in [-0.2, -0.15) is 0 Å². The molecule has 0 radical (unpaired) electrons. The summed E-state index contributed by atoms with van der Waals surface area (Å²) in [5.41, 5.74) is 0. The smallest absolute Gasteiger partial charge is 0.317 e. The van der Waals surface area contributed by atoms with Crippen LogP contribution in [0.15, 0.2) is 35.2 Å². The number of thioether (sulfide) groups is 1. The minimum absolute atomic E-state index is 0.0207. The Morgan fingerprint density at radius 2 is 2.19 bits per heavy atom. The molecule has 1 fully saturated rings. The Labute approximate surface area is 133 Å². The normalized spacial score (nSPS) is 19.5. The zero-order chi connectivity index (χ0) is 15.1. The third kappa shape index (κ3) is 5.71. The van der Waals surface area contributed by atoms with Gasteiger partial charge in [-0.1, -0.05) is 18.2 Å². The van der Waals surface area contributed by atoms with E-state index in [0.29, 0.717) is 18.2 Å². The number of urea groups is 1. The Hall–Kier alpha value is -1.01. The molecule has 0 bridgehead atoms. The van der Waals surface area contributed by atoms with Crippen molar-refractivity contribution < 1.29 is 9.00 Å². The zero-order valence-electron chi connectivity index (χ0n) is 12.3. The van der Waals surface area contributed by atoms with Gasteiger partial charge in [0.25, 0.3) is 0 Å². The molecule has 2 rings (SSSR count). The van der Waals surface area contributed by atoms with E-state index >= 15 is 0 Å². The molecule has 0 unspecified atom stereocenters. The van der Waals surface area contributed by atoms with E-state index in [4.69, 9.17) is 0 Å². The molecule has 2 atom stereocenters. The van der Waals surface area contributed by atoms with Crippen LogP contribution in [0.5, 0.6) is 0 Å². The van der Waals surface area contributed by atoms with Gasteiger partial charge in [0.1, 0.15) is 0 Å². The quantitative estimate of drug-likeness (QED) is 0.815. The van der Waals surface area contributed by atoms with Crippen molar-refractivity contribution in [2.24, 2.45) is 5.92 Å². The second-order valence-electron chi connectivity index (χ2n) is 5.23. The van der Waals surface area contributed by atoms with Crippen LogP contribution in [0, 0.1) is 5.92 Å². The average molecular weight is 326 g/mol. The largest absolute Gasteiger partial charge is 0.337 e. The van der Waals surface area contributed by atoms with Crippen LogP contribution in [0.3, 0.4) is 0 Å². The fraction of sp³-hybridized carbons (Fsp3) is 0.533. The van der Waals surface area contributed by atoms with Crippen molar-refractivity contribution in [3.63, 3.8) is 0 Å². The number of amides is 2. The first kappa shape index (κ1) is 16.4. The van der Waals surface area contributed by atoms with E-state index < -0.39 is 10.8 Å². The molecule has 1 aliphatic rings. The van der Waals surface area contributed by atoms with Gasteiger partial charge in [-0.25, -0.2) is 4.79 Å². The molecule has 0 spiro atoms. The van der Waals surface area contributed by atoms with Crippen LogP contribution in [-0.2, 0) is 10.8 Å². The average Bonchev–Trinajstić information content (AvgIpc) is 2.95. The van der Waals surface area contributed by atoms with Gasteiger partial charge in [-0.3, -0.25) is 4.21 Å². The molecule has 116 valence electrons. The van der Waals surface area contributed by atoms with Gasteiger partial charge in [0, 0.05) is 53.1 Å². The zero-order valence-corrected chi connectivity index (χ0v) is 13.9. The Kier molecular flexibility index (Phi) is 6.57. The Morgan fingerprint density at radius 3 is 2.90 bits per heavy atom. The molecule has 1 heterocycles. The van der Waals surface area contributed by atoms with Crippen molar-refractivity contribution in [3.05, 3.63) is 30.3 Å². The molecule has 21 heavy (non-hydrogen) atoms. The van der Waals surface area contributed by atoms with Crippen LogP contribution in [0.1, 0.15) is 6.42 Å². The minimum atomic E-state index is -0.851. The predicted molar refractivity (Wildman–Crippen MR) is 89.2 cm³/mol. The number of hydrogen-bond donors (Lipinski definition) is 1. The fourth-order valence-corrected chi connectivity index (χ4v) is 3.74. The number of likely N-dealkylation sites (tertiary alicyclic amines) is 1. The molecule has 1 aromatic rings. The monoisotopic (exact) mass is 326 g/mol. The van der Waals surface area contributed by atoms with Gasteiger partial charge in [0.15, 0.2) is 0 Å². The molecular weight excluding hydrogens is 304 g/mol. The number of carbonyl (C=O) groups is 1. The maximum atomic E-state index is 12.0. The lowest BCUT2D eigenvalue weighted by Crippen LogP contribution is -2.40. The number of nitrogens with zero attached hydrogens (tertiary/aromatic N) is 1. The molecule has 0 aliphatic carbocycles. The lowest BCUT2D eigenvalue weighted by atomic mass is 10.2. The summed E-state index contributed by atoms with van der Waals surface area (Å²) in [6.45, 7) is 2.13. The number of nitrogens with one attached hydrogen (secondary N) is 1. The molecular formula is C15H22N2O2S2. The topological polar surface area (TPSA) is 49.4 Å². The van der Waals surface area contributed by atoms with Gasteiger partial charge in [-0.15, -0.1) is 11.8 Å². The van der Waals surface area contributed by atoms with E-state index in [1.165, 1.54) is 4.90 Å². The highest BCUT2D eigenvalue weighted by molar-refractivity contribution is 7.99. The maximum absolute atomic E-state index is 12.0. The molecule has 1 saturated heterocycles. The second-order valence-corrected chi connectivity index (χ2v) is 7.88. The highest BCUT2D eigenvalue weighted by Gasteiger charge is 2.25. The Balaban J connectivity index is 1.68. The summed E-state index contributed by atoms with van der Waals surface area (Å²) in [6.07, 6.45) is 2.71. The summed E-state index contributed by atoms with van der Waals surface area (Å²) < 4.78 is 11.0. The summed E-state index contributed by atoms with van der Waals surface area (Å²) in [5.74, 6) is 2.13. The Bertz CT molecular complexity index is 482. The molecule has 6 heteroatoms. The first-order chi connectivity index (χ1) is 10.1. The van der Waals surface area contributed by atoms with Crippen molar-refractivity contribution in [3.8, 4) is 0 Å². The summed E-state index contributed by atoms with van der Waals surface area (Å²) in [5, 5.41) is 2.84. The Morgan fingerprint density at radius 1 is 1.43 bits per heavy atom. The highest BCUT2D eigenvalue weighted by Crippen LogP contribution is 2.25. The van der Waals surface area contributed by atoms with Crippen LogP contribution in [0.25, 0.3) is 0 Å². The highest BCUT2D eigenvalue weighted by atomic mass is 32.2. The van der Waals surface area contributed by atoms with E-state index in [1.807, 2.05) is 22.7 Å². The predicted octanol–water partition coefficient (Wildman–Crippen LogP) is 2.19. The summed E-state index contributed by atoms with van der Waals surface area (Å²) in [4.78, 5) is 15.1. The molecule has 4 nitrogen and oxygen atoms in total. The van der Waals surface area contributed by atoms with Crippen LogP contribution in [-0.4, -0.2) is 52.5 Å². The van der Waals surface area contributed by atoms with Crippen molar-refractivity contribution in [1.82, 2.24) is 10.2 Å². The van der Waals surface area contributed by atoms with Crippen molar-refractivity contribution >= 4 is 28.6 Å². The van der Waals surface area contributed by atoms with Crippen LogP contribution in [0.4, 0.5) is 4.79 Å². The third-order valence-corrected chi connectivity index (χ3v) is 5.49. The van der Waals surface area contributed by atoms with Gasteiger partial charge < -0.3 is 10.2 Å². The van der Waals surface area contributed by atoms with E-state index in [-0.39, 0.29) is 6.03 Å². The van der Waals surface area contributed by atoms with E-state index in [2.05, 4.69) is 29.6 Å². The summed E-state index contributed by atoms with van der Waals surface area (Å²) >= 11 is 1.85. The number of hydrogen-bond acceptors (Lipinski definition) is 3. The fourth-order valence-electron chi connectivity index (χ4n) is 2.30. The second kappa shape index (κ2) is 8.44. The van der Waals surface area contributed by atoms with Crippen molar-refractivity contribution in [2.45, 2.75) is 11.3 Å². The van der Waals surface area contributed by atoms with Gasteiger partial charge in [0.2, 0.25) is 0 Å². The van der Waals surface area contributed by atoms with Crippen molar-refractivity contribution in [1.29, 1.82) is 0 Å². The number of rotatable bonds is 6. The lowest BCUT2D eigenvalue weighted by molar-refractivity contribution is 0.208. The number of carbonyl (C=O) groups excluding carboxylic acids is 1. The SMILES string of the molecule is C[S@@](=O)CCNC(=O)N1CC[C@@H](CSc2ccccc2)C1. The van der Waals surface area contributed by atoms with Crippen LogP contribution in [0.2, 0.25) is 0 Å². The minimum Gasteiger partial charge on any atom is -0.337 e. The van der Waals surface area contributed by atoms with E-state index in [0.717, 1.165) is 25.3 Å². The third-order valence-electron chi connectivity index (χ3n) is 3.47. The first-order valence-electron chi connectivity index (χ1n) is 7.16. The first-order valence-corrected chi connectivity index (χ1v) is 9.87. The summed E-state index contributed by atoms with van der Waals surface area (Å²) in [6, 6.07) is 10.3. The van der Waals surface area contributed by atoms with Crippen LogP contribution >= 0.6 is 11.8 Å². The van der Waals surface area contributed by atoms with Gasteiger partial charge in [0.05, 0.1) is 0 Å². The molecule has 2 amide bonds. The van der Waals surface area contributed by atoms with Gasteiger partial charge in [-0.05, 0) is 24.5 Å².